The van der Waals surface area contributed by atoms with Crippen LogP contribution in [0.15, 0.2) is 0 Å². The van der Waals surface area contributed by atoms with Crippen LogP contribution >= 0.6 is 0 Å². The molecule has 0 radical (unpaired) electrons. The molecule has 10 atom stereocenters. The highest BCUT2D eigenvalue weighted by atomic mass is 16.5. The van der Waals surface area contributed by atoms with E-state index in [1.807, 2.05) is 7.11 Å². The van der Waals surface area contributed by atoms with Crippen molar-refractivity contribution < 1.29 is 9.84 Å². The van der Waals surface area contributed by atoms with Crippen LogP contribution in [0.25, 0.3) is 0 Å². The number of unbranched alkanes of at least 4 members (excludes halogenated alkanes) is 1. The Morgan fingerprint density at radius 1 is 1.04 bits per heavy atom. The maximum atomic E-state index is 9.17. The van der Waals surface area contributed by atoms with Gasteiger partial charge in [0.25, 0.3) is 0 Å². The number of hydrogen-bond donors (Lipinski definition) is 1. The van der Waals surface area contributed by atoms with E-state index in [9.17, 15) is 5.11 Å². The van der Waals surface area contributed by atoms with E-state index in [-0.39, 0.29) is 0 Å². The average molecular weight is 389 g/mol. The highest BCUT2D eigenvalue weighted by molar-refractivity contribution is 5.26. The summed E-state index contributed by atoms with van der Waals surface area (Å²) in [5, 5.41) is 9.17. The maximum Gasteiger partial charge on any atom is 0.0638 e. The SMILES string of the molecule is CO[C@@H]1C[C@H]2[C@@H]3CC[C@H]([C@H](C)CCCCO)[C@@]3(C)CC[C@@H]2[C@@]2(C)CC[C@H]3C[C@]312. The third-order valence-corrected chi connectivity index (χ3v) is 11.7. The van der Waals surface area contributed by atoms with Crippen LogP contribution in [-0.4, -0.2) is 24.9 Å². The van der Waals surface area contributed by atoms with Gasteiger partial charge in [0.15, 0.2) is 0 Å². The fraction of sp³-hybridized carbons (Fsp3) is 1.00. The van der Waals surface area contributed by atoms with E-state index in [1.54, 1.807) is 0 Å². The molecular formula is C26H44O2. The van der Waals surface area contributed by atoms with Crippen LogP contribution in [0.2, 0.25) is 0 Å². The van der Waals surface area contributed by atoms with Gasteiger partial charge < -0.3 is 9.84 Å². The molecule has 28 heavy (non-hydrogen) atoms. The van der Waals surface area contributed by atoms with E-state index in [0.29, 0.717) is 29.0 Å². The largest absolute Gasteiger partial charge is 0.396 e. The van der Waals surface area contributed by atoms with Crippen molar-refractivity contribution >= 4 is 0 Å². The number of fused-ring (bicyclic) bond motifs is 4. The zero-order valence-corrected chi connectivity index (χ0v) is 18.9. The van der Waals surface area contributed by atoms with Gasteiger partial charge in [-0.05, 0) is 104 Å². The number of rotatable bonds is 6. The number of hydrogen-bond acceptors (Lipinski definition) is 2. The summed E-state index contributed by atoms with van der Waals surface area (Å²) in [6.45, 7) is 8.25. The first-order valence-corrected chi connectivity index (χ1v) is 12.6. The molecule has 160 valence electrons. The second kappa shape index (κ2) is 6.71. The molecule has 5 rings (SSSR count). The normalized spacial score (nSPS) is 55.2. The molecule has 0 aromatic heterocycles. The van der Waals surface area contributed by atoms with Crippen LogP contribution in [0.5, 0.6) is 0 Å². The molecule has 0 aromatic carbocycles. The molecule has 0 heterocycles. The topological polar surface area (TPSA) is 29.5 Å². The van der Waals surface area contributed by atoms with Gasteiger partial charge in [0.2, 0.25) is 0 Å². The summed E-state index contributed by atoms with van der Waals surface area (Å²) in [6, 6.07) is 0. The summed E-state index contributed by atoms with van der Waals surface area (Å²) >= 11 is 0. The lowest BCUT2D eigenvalue weighted by Gasteiger charge is -2.61. The van der Waals surface area contributed by atoms with Crippen LogP contribution < -0.4 is 0 Å². The highest BCUT2D eigenvalue weighted by Crippen LogP contribution is 2.82. The van der Waals surface area contributed by atoms with Crippen molar-refractivity contribution in [2.24, 2.45) is 51.8 Å². The first-order valence-electron chi connectivity index (χ1n) is 12.6. The van der Waals surface area contributed by atoms with Crippen LogP contribution in [-0.2, 0) is 4.74 Å². The van der Waals surface area contributed by atoms with E-state index in [0.717, 1.165) is 41.9 Å². The summed E-state index contributed by atoms with van der Waals surface area (Å²) in [5.74, 6) is 5.52. The van der Waals surface area contributed by atoms with Crippen molar-refractivity contribution in [3.63, 3.8) is 0 Å². The molecule has 5 aliphatic carbocycles. The predicted molar refractivity (Wildman–Crippen MR) is 114 cm³/mol. The third-order valence-electron chi connectivity index (χ3n) is 11.7. The Bertz CT molecular complexity index is 603. The van der Waals surface area contributed by atoms with E-state index in [4.69, 9.17) is 4.74 Å². The minimum Gasteiger partial charge on any atom is -0.396 e. The van der Waals surface area contributed by atoms with E-state index < -0.39 is 0 Å². The third kappa shape index (κ3) is 2.40. The number of methoxy groups -OCH3 is 1. The molecule has 5 fully saturated rings. The van der Waals surface area contributed by atoms with Crippen molar-refractivity contribution in [1.29, 1.82) is 0 Å². The first-order chi connectivity index (χ1) is 13.4. The molecular weight excluding hydrogens is 344 g/mol. The van der Waals surface area contributed by atoms with Crippen LogP contribution in [0.1, 0.15) is 91.4 Å². The van der Waals surface area contributed by atoms with E-state index in [2.05, 4.69) is 20.8 Å². The van der Waals surface area contributed by atoms with Gasteiger partial charge in [0.05, 0.1) is 6.10 Å². The molecule has 0 aliphatic heterocycles. The van der Waals surface area contributed by atoms with Gasteiger partial charge in [0.1, 0.15) is 0 Å². The summed E-state index contributed by atoms with van der Waals surface area (Å²) in [5.41, 5.74) is 1.68. The van der Waals surface area contributed by atoms with Crippen molar-refractivity contribution in [2.75, 3.05) is 13.7 Å². The second-order valence-corrected chi connectivity index (χ2v) is 12.2. The molecule has 1 spiro atoms. The van der Waals surface area contributed by atoms with Crippen molar-refractivity contribution in [3.8, 4) is 0 Å². The van der Waals surface area contributed by atoms with Crippen LogP contribution in [0, 0.1) is 51.8 Å². The zero-order valence-electron chi connectivity index (χ0n) is 18.9. The quantitative estimate of drug-likeness (QED) is 0.560. The molecule has 0 saturated heterocycles. The van der Waals surface area contributed by atoms with Crippen molar-refractivity contribution in [3.05, 3.63) is 0 Å². The molecule has 0 bridgehead atoms. The molecule has 1 N–H and O–H groups in total. The Hall–Kier alpha value is -0.0800. The van der Waals surface area contributed by atoms with Crippen molar-refractivity contribution in [1.82, 2.24) is 0 Å². The molecule has 0 unspecified atom stereocenters. The van der Waals surface area contributed by atoms with Gasteiger partial charge in [-0.1, -0.05) is 33.6 Å². The Morgan fingerprint density at radius 2 is 1.86 bits per heavy atom. The van der Waals surface area contributed by atoms with Gasteiger partial charge >= 0.3 is 0 Å². The van der Waals surface area contributed by atoms with E-state index >= 15 is 0 Å². The fourth-order valence-electron chi connectivity index (χ4n) is 10.3. The Kier molecular flexibility index (Phi) is 4.76. The van der Waals surface area contributed by atoms with Crippen LogP contribution in [0.3, 0.4) is 0 Å². The average Bonchev–Trinajstić information content (AvgIpc) is 3.18. The van der Waals surface area contributed by atoms with Gasteiger partial charge in [-0.2, -0.15) is 0 Å². The summed E-state index contributed by atoms with van der Waals surface area (Å²) < 4.78 is 6.26. The molecule has 0 amide bonds. The van der Waals surface area contributed by atoms with Gasteiger partial charge in [-0.15, -0.1) is 0 Å². The lowest BCUT2D eigenvalue weighted by Crippen LogP contribution is -2.57. The van der Waals surface area contributed by atoms with Gasteiger partial charge in [0, 0.05) is 19.1 Å². The first kappa shape index (κ1) is 19.9. The second-order valence-electron chi connectivity index (χ2n) is 12.2. The van der Waals surface area contributed by atoms with E-state index in [1.165, 1.54) is 64.2 Å². The fourth-order valence-corrected chi connectivity index (χ4v) is 10.3. The Morgan fingerprint density at radius 3 is 2.57 bits per heavy atom. The molecule has 5 saturated carbocycles. The highest BCUT2D eigenvalue weighted by Gasteiger charge is 2.77. The number of ether oxygens (including phenoxy) is 1. The van der Waals surface area contributed by atoms with Crippen molar-refractivity contribution in [2.45, 2.75) is 97.5 Å². The number of aliphatic hydroxyl groups is 1. The monoisotopic (exact) mass is 388 g/mol. The number of aliphatic hydroxyl groups excluding tert-OH is 1. The zero-order chi connectivity index (χ0) is 19.7. The predicted octanol–water partition coefficient (Wildman–Crippen LogP) is 6.07. The molecule has 2 heteroatoms. The van der Waals surface area contributed by atoms with Gasteiger partial charge in [-0.25, -0.2) is 0 Å². The van der Waals surface area contributed by atoms with Crippen LogP contribution in [0.4, 0.5) is 0 Å². The van der Waals surface area contributed by atoms with Gasteiger partial charge in [-0.3, -0.25) is 0 Å². The molecule has 5 aliphatic rings. The minimum absolute atomic E-state index is 0.362. The maximum absolute atomic E-state index is 9.17. The smallest absolute Gasteiger partial charge is 0.0638 e. The Balaban J connectivity index is 1.38. The molecule has 2 nitrogen and oxygen atoms in total. The Labute approximate surface area is 173 Å². The summed E-state index contributed by atoms with van der Waals surface area (Å²) in [4.78, 5) is 0. The summed E-state index contributed by atoms with van der Waals surface area (Å²) in [7, 11) is 2.01. The minimum atomic E-state index is 0.362. The summed E-state index contributed by atoms with van der Waals surface area (Å²) in [6.07, 6.45) is 15.7. The lowest BCUT2D eigenvalue weighted by molar-refractivity contribution is -0.161. The molecule has 0 aromatic rings. The lowest BCUT2D eigenvalue weighted by atomic mass is 9.45. The standard InChI is InChI=1S/C26H44O2/c1-17(7-5-6-14-27)20-8-9-21-19-15-23(28-4)26-16-18(26)10-13-25(26,3)22(19)11-12-24(20,21)2/h17-23,27H,5-16H2,1-4H3/t17-,18+,19+,20-,21+,22+,23-,24-,25-,26+/m1/s1.